The molecular weight excluding hydrogens is 350 g/mol. The lowest BCUT2D eigenvalue weighted by atomic mass is 10.2. The molecule has 0 aliphatic rings. The first-order valence-electron chi connectivity index (χ1n) is 8.85. The summed E-state index contributed by atoms with van der Waals surface area (Å²) in [6.07, 6.45) is 4.75. The van der Waals surface area contributed by atoms with E-state index in [1.807, 2.05) is 18.2 Å². The Balaban J connectivity index is 1.66. The number of benzene rings is 1. The van der Waals surface area contributed by atoms with E-state index in [-0.39, 0.29) is 17.7 Å². The van der Waals surface area contributed by atoms with E-state index in [0.29, 0.717) is 5.82 Å². The van der Waals surface area contributed by atoms with E-state index in [0.717, 1.165) is 29.2 Å². The number of thioether (sulfide) groups is 1. The van der Waals surface area contributed by atoms with Crippen LogP contribution in [0, 0.1) is 6.92 Å². The number of carbonyl (C=O) groups is 1. The molecule has 2 heterocycles. The summed E-state index contributed by atoms with van der Waals surface area (Å²) in [6, 6.07) is 8.21. The molecule has 138 valence electrons. The van der Waals surface area contributed by atoms with E-state index in [2.05, 4.69) is 38.0 Å². The number of aromatic nitrogens is 4. The Kier molecular flexibility index (Phi) is 6.27. The van der Waals surface area contributed by atoms with Crippen molar-refractivity contribution in [3.8, 4) is 0 Å². The summed E-state index contributed by atoms with van der Waals surface area (Å²) in [6.45, 7) is 4.82. The third kappa shape index (κ3) is 4.63. The fourth-order valence-electron chi connectivity index (χ4n) is 2.71. The van der Waals surface area contributed by atoms with Crippen LogP contribution in [0.4, 0.5) is 6.01 Å². The van der Waals surface area contributed by atoms with Crippen molar-refractivity contribution >= 4 is 34.7 Å². The summed E-state index contributed by atoms with van der Waals surface area (Å²) in [5.41, 5.74) is 2.07. The van der Waals surface area contributed by atoms with E-state index < -0.39 is 0 Å². The normalized spacial score (nSPS) is 11.2. The van der Waals surface area contributed by atoms with Crippen LogP contribution in [-0.2, 0) is 11.3 Å². The highest BCUT2D eigenvalue weighted by atomic mass is 32.2. The van der Waals surface area contributed by atoms with Gasteiger partial charge in [-0.15, -0.1) is 0 Å². The van der Waals surface area contributed by atoms with Crippen LogP contribution >= 0.6 is 11.8 Å². The van der Waals surface area contributed by atoms with Gasteiger partial charge in [-0.1, -0.05) is 55.2 Å². The minimum atomic E-state index is -0.191. The molecule has 0 aliphatic heterocycles. The van der Waals surface area contributed by atoms with E-state index in [1.54, 1.807) is 6.92 Å². The zero-order valence-corrected chi connectivity index (χ0v) is 15.9. The molecule has 0 bridgehead atoms. The van der Waals surface area contributed by atoms with E-state index in [4.69, 9.17) is 4.52 Å². The van der Waals surface area contributed by atoms with Gasteiger partial charge in [0.25, 0.3) is 0 Å². The van der Waals surface area contributed by atoms with Gasteiger partial charge in [0, 0.05) is 6.54 Å². The number of hydrogen-bond donors (Lipinski definition) is 1. The lowest BCUT2D eigenvalue weighted by Crippen LogP contribution is -2.15. The van der Waals surface area contributed by atoms with Crippen LogP contribution in [0.1, 0.15) is 38.4 Å². The van der Waals surface area contributed by atoms with Crippen molar-refractivity contribution in [3.63, 3.8) is 0 Å². The summed E-state index contributed by atoms with van der Waals surface area (Å²) in [5, 5.41) is 7.13. The van der Waals surface area contributed by atoms with Gasteiger partial charge in [0.15, 0.2) is 11.0 Å². The Morgan fingerprint density at radius 2 is 2.08 bits per heavy atom. The Morgan fingerprint density at radius 1 is 1.23 bits per heavy atom. The van der Waals surface area contributed by atoms with Crippen molar-refractivity contribution in [1.82, 2.24) is 19.7 Å². The molecular formula is C18H23N5O2S. The van der Waals surface area contributed by atoms with Gasteiger partial charge in [-0.05, 0) is 25.5 Å². The number of imidazole rings is 1. The summed E-state index contributed by atoms with van der Waals surface area (Å²) in [7, 11) is 0. The highest BCUT2D eigenvalue weighted by molar-refractivity contribution is 7.99. The highest BCUT2D eigenvalue weighted by Crippen LogP contribution is 2.25. The van der Waals surface area contributed by atoms with Crippen LogP contribution in [0.2, 0.25) is 0 Å². The molecule has 0 aliphatic carbocycles. The Morgan fingerprint density at radius 3 is 2.85 bits per heavy atom. The summed E-state index contributed by atoms with van der Waals surface area (Å²) in [4.78, 5) is 20.8. The number of unbranched alkanes of at least 4 members (excludes halogenated alkanes) is 3. The molecule has 0 unspecified atom stereocenters. The number of amides is 1. The number of aryl methyl sites for hydroxylation is 2. The molecule has 0 spiro atoms. The molecule has 0 fully saturated rings. The predicted molar refractivity (Wildman–Crippen MR) is 102 cm³/mol. The fourth-order valence-corrected chi connectivity index (χ4v) is 3.55. The molecule has 8 heteroatoms. The Labute approximate surface area is 156 Å². The van der Waals surface area contributed by atoms with Gasteiger partial charge in [-0.3, -0.25) is 10.1 Å². The average Bonchev–Trinajstić information content (AvgIpc) is 3.20. The minimum absolute atomic E-state index is 0.126. The smallest absolute Gasteiger partial charge is 0.319 e. The Bertz CT molecular complexity index is 873. The highest BCUT2D eigenvalue weighted by Gasteiger charge is 2.14. The number of para-hydroxylation sites is 2. The van der Waals surface area contributed by atoms with Crippen molar-refractivity contribution in [2.24, 2.45) is 0 Å². The fraction of sp³-hybridized carbons (Fsp3) is 0.444. The third-order valence-electron chi connectivity index (χ3n) is 3.96. The topological polar surface area (TPSA) is 85.8 Å². The van der Waals surface area contributed by atoms with E-state index in [1.165, 1.54) is 31.0 Å². The maximum Gasteiger partial charge on any atom is 0.328 e. The second kappa shape index (κ2) is 8.84. The van der Waals surface area contributed by atoms with Crippen molar-refractivity contribution < 1.29 is 9.32 Å². The molecule has 3 rings (SSSR count). The van der Waals surface area contributed by atoms with Crippen molar-refractivity contribution in [2.75, 3.05) is 11.1 Å². The number of hydrogen-bond acceptors (Lipinski definition) is 6. The van der Waals surface area contributed by atoms with E-state index in [9.17, 15) is 4.79 Å². The van der Waals surface area contributed by atoms with E-state index >= 15 is 0 Å². The number of fused-ring (bicyclic) bond motifs is 1. The molecule has 2 aromatic heterocycles. The second-order valence-electron chi connectivity index (χ2n) is 6.08. The maximum absolute atomic E-state index is 12.1. The molecule has 1 amide bonds. The molecule has 0 saturated carbocycles. The first kappa shape index (κ1) is 18.4. The monoisotopic (exact) mass is 373 g/mol. The number of nitrogens with one attached hydrogen (secondary N) is 1. The predicted octanol–water partition coefficient (Wildman–Crippen LogP) is 4.04. The Hall–Kier alpha value is -2.35. The molecule has 1 N–H and O–H groups in total. The first-order chi connectivity index (χ1) is 12.7. The number of anilines is 1. The first-order valence-corrected chi connectivity index (χ1v) is 9.84. The lowest BCUT2D eigenvalue weighted by molar-refractivity contribution is -0.114. The van der Waals surface area contributed by atoms with Gasteiger partial charge < -0.3 is 9.09 Å². The molecule has 0 saturated heterocycles. The molecule has 1 aromatic carbocycles. The molecule has 0 radical (unpaired) electrons. The average molecular weight is 373 g/mol. The zero-order chi connectivity index (χ0) is 18.4. The summed E-state index contributed by atoms with van der Waals surface area (Å²) < 4.78 is 7.12. The minimum Gasteiger partial charge on any atom is -0.319 e. The molecule has 7 nitrogen and oxygen atoms in total. The third-order valence-corrected chi connectivity index (χ3v) is 4.94. The van der Waals surface area contributed by atoms with Gasteiger partial charge in [-0.25, -0.2) is 4.98 Å². The largest absolute Gasteiger partial charge is 0.328 e. The zero-order valence-electron chi connectivity index (χ0n) is 15.1. The number of nitrogens with zero attached hydrogens (tertiary/aromatic N) is 4. The van der Waals surface area contributed by atoms with Crippen LogP contribution < -0.4 is 5.32 Å². The summed E-state index contributed by atoms with van der Waals surface area (Å²) in [5.74, 6) is 0.532. The SMILES string of the molecule is CCCCCCn1c(SCC(=O)Nc2nc(C)no2)nc2ccccc21. The van der Waals surface area contributed by atoms with Gasteiger partial charge >= 0.3 is 6.01 Å². The standard InChI is InChI=1S/C18H23N5O2S/c1-3-4-5-8-11-23-15-10-7-6-9-14(15)20-18(23)26-12-16(24)21-17-19-13(2)22-25-17/h6-7,9-10H,3-5,8,11-12H2,1-2H3,(H,19,21,22,24). The molecule has 26 heavy (non-hydrogen) atoms. The van der Waals surface area contributed by atoms with Gasteiger partial charge in [-0.2, -0.15) is 4.98 Å². The number of carbonyl (C=O) groups excluding carboxylic acids is 1. The van der Waals surface area contributed by atoms with Crippen LogP contribution in [0.25, 0.3) is 11.0 Å². The second-order valence-corrected chi connectivity index (χ2v) is 7.02. The van der Waals surface area contributed by atoms with Crippen molar-refractivity contribution in [3.05, 3.63) is 30.1 Å². The quantitative estimate of drug-likeness (QED) is 0.450. The van der Waals surface area contributed by atoms with Crippen LogP contribution in [-0.4, -0.2) is 31.4 Å². The lowest BCUT2D eigenvalue weighted by Gasteiger charge is -2.08. The summed E-state index contributed by atoms with van der Waals surface area (Å²) >= 11 is 1.42. The maximum atomic E-state index is 12.1. The van der Waals surface area contributed by atoms with Gasteiger partial charge in [0.1, 0.15) is 0 Å². The number of rotatable bonds is 9. The van der Waals surface area contributed by atoms with Gasteiger partial charge in [0.05, 0.1) is 16.8 Å². The van der Waals surface area contributed by atoms with Crippen molar-refractivity contribution in [2.45, 2.75) is 51.2 Å². The van der Waals surface area contributed by atoms with Crippen LogP contribution in [0.3, 0.4) is 0 Å². The van der Waals surface area contributed by atoms with Crippen molar-refractivity contribution in [1.29, 1.82) is 0 Å². The van der Waals surface area contributed by atoms with Crippen LogP contribution in [0.15, 0.2) is 33.9 Å². The van der Waals surface area contributed by atoms with Gasteiger partial charge in [0.2, 0.25) is 5.91 Å². The molecule has 3 aromatic rings. The molecule has 0 atom stereocenters. The van der Waals surface area contributed by atoms with Crippen LogP contribution in [0.5, 0.6) is 0 Å².